The van der Waals surface area contributed by atoms with Crippen molar-refractivity contribution in [2.45, 2.75) is 104 Å². The first kappa shape index (κ1) is 27.4. The number of aliphatic hydroxyl groups excluding tert-OH is 1. The van der Waals surface area contributed by atoms with E-state index in [4.69, 9.17) is 4.74 Å². The molecule has 1 aromatic rings. The molecule has 0 heterocycles. The van der Waals surface area contributed by atoms with Crippen LogP contribution in [0.3, 0.4) is 0 Å². The predicted molar refractivity (Wildman–Crippen MR) is 148 cm³/mol. The van der Waals surface area contributed by atoms with Gasteiger partial charge in [0.15, 0.2) is 0 Å². The van der Waals surface area contributed by atoms with Crippen LogP contribution < -0.4 is 0 Å². The SMILES string of the molecule is C=C(C)C(=O)OCC(CO)Cc1ccc2c(c1)CCC(C1CCC(C3CCC(CCC)CC3)CC1)C2. The van der Waals surface area contributed by atoms with Crippen molar-refractivity contribution in [3.8, 4) is 0 Å². The van der Waals surface area contributed by atoms with E-state index in [-0.39, 0.29) is 25.1 Å². The Morgan fingerprint density at radius 1 is 0.972 bits per heavy atom. The maximum absolute atomic E-state index is 11.7. The average Bonchev–Trinajstić information content (AvgIpc) is 2.91. The standard InChI is InChI=1S/C33H50O3/c1-4-5-24-6-9-27(10-7-24)28-12-14-29(15-13-28)31-17-16-30-19-25(8-11-32(30)20-31)18-26(21-34)22-36-33(35)23(2)3/h8,11,19,24,26-29,31,34H,2,4-7,9-10,12-18,20-22H2,1,3H3. The van der Waals surface area contributed by atoms with E-state index < -0.39 is 0 Å². The molecule has 0 amide bonds. The van der Waals surface area contributed by atoms with Crippen molar-refractivity contribution in [2.75, 3.05) is 13.2 Å². The van der Waals surface area contributed by atoms with Crippen LogP contribution in [-0.2, 0) is 28.8 Å². The summed E-state index contributed by atoms with van der Waals surface area (Å²) in [6, 6.07) is 6.92. The van der Waals surface area contributed by atoms with Crippen LogP contribution in [0.1, 0.15) is 101 Å². The Balaban J connectivity index is 1.24. The van der Waals surface area contributed by atoms with Crippen LogP contribution in [0.15, 0.2) is 30.4 Å². The summed E-state index contributed by atoms with van der Waals surface area (Å²) in [5, 5.41) is 9.78. The van der Waals surface area contributed by atoms with E-state index in [0.29, 0.717) is 5.57 Å². The third-order valence-electron chi connectivity index (χ3n) is 9.86. The minimum atomic E-state index is -0.377. The van der Waals surface area contributed by atoms with Gasteiger partial charge in [0.25, 0.3) is 0 Å². The fourth-order valence-electron chi connectivity index (χ4n) is 7.64. The van der Waals surface area contributed by atoms with Crippen molar-refractivity contribution in [1.82, 2.24) is 0 Å². The summed E-state index contributed by atoms with van der Waals surface area (Å²) in [5.74, 6) is 4.40. The van der Waals surface area contributed by atoms with Gasteiger partial charge in [-0.1, -0.05) is 57.4 Å². The van der Waals surface area contributed by atoms with Gasteiger partial charge in [0, 0.05) is 18.1 Å². The van der Waals surface area contributed by atoms with Gasteiger partial charge in [0.2, 0.25) is 0 Å². The molecule has 0 aromatic heterocycles. The fraction of sp³-hybridized carbons (Fsp3) is 0.727. The van der Waals surface area contributed by atoms with Gasteiger partial charge >= 0.3 is 5.97 Å². The van der Waals surface area contributed by atoms with E-state index in [9.17, 15) is 9.90 Å². The Labute approximate surface area is 220 Å². The van der Waals surface area contributed by atoms with Crippen LogP contribution >= 0.6 is 0 Å². The zero-order valence-corrected chi connectivity index (χ0v) is 23.0. The molecule has 2 atom stereocenters. The maximum atomic E-state index is 11.7. The quantitative estimate of drug-likeness (QED) is 0.271. The highest BCUT2D eigenvalue weighted by Crippen LogP contribution is 2.45. The zero-order valence-electron chi connectivity index (χ0n) is 23.0. The molecule has 1 N–H and O–H groups in total. The van der Waals surface area contributed by atoms with Crippen molar-refractivity contribution in [3.63, 3.8) is 0 Å². The molecule has 3 heteroatoms. The minimum absolute atomic E-state index is 0.0193. The largest absolute Gasteiger partial charge is 0.462 e. The van der Waals surface area contributed by atoms with Crippen molar-refractivity contribution >= 4 is 5.97 Å². The van der Waals surface area contributed by atoms with Crippen LogP contribution in [0.4, 0.5) is 0 Å². The molecular formula is C33H50O3. The van der Waals surface area contributed by atoms with Gasteiger partial charge in [-0.25, -0.2) is 4.79 Å². The summed E-state index contributed by atoms with van der Waals surface area (Å²) in [7, 11) is 0. The first-order chi connectivity index (χ1) is 17.5. The highest BCUT2D eigenvalue weighted by Gasteiger charge is 2.34. The number of hydrogen-bond donors (Lipinski definition) is 1. The molecule has 3 aliphatic carbocycles. The van der Waals surface area contributed by atoms with Crippen molar-refractivity contribution in [2.24, 2.45) is 35.5 Å². The van der Waals surface area contributed by atoms with Crippen molar-refractivity contribution < 1.29 is 14.6 Å². The molecule has 2 saturated carbocycles. The summed E-state index contributed by atoms with van der Waals surface area (Å²) in [4.78, 5) is 11.7. The Morgan fingerprint density at radius 2 is 1.61 bits per heavy atom. The number of aliphatic hydroxyl groups is 1. The van der Waals surface area contributed by atoms with Gasteiger partial charge in [0.1, 0.15) is 0 Å². The summed E-state index contributed by atoms with van der Waals surface area (Å²) < 4.78 is 5.28. The first-order valence-corrected chi connectivity index (χ1v) is 15.0. The molecule has 0 spiro atoms. The Morgan fingerprint density at radius 3 is 2.22 bits per heavy atom. The average molecular weight is 495 g/mol. The van der Waals surface area contributed by atoms with Gasteiger partial charge in [-0.05, 0) is 117 Å². The second kappa shape index (κ2) is 13.3. The molecule has 200 valence electrons. The second-order valence-corrected chi connectivity index (χ2v) is 12.5. The Bertz CT molecular complexity index is 858. The molecule has 0 bridgehead atoms. The first-order valence-electron chi connectivity index (χ1n) is 15.0. The number of rotatable bonds is 10. The number of hydrogen-bond acceptors (Lipinski definition) is 3. The van der Waals surface area contributed by atoms with E-state index in [1.165, 1.54) is 94.6 Å². The fourth-order valence-corrected chi connectivity index (χ4v) is 7.64. The number of esters is 1. The van der Waals surface area contributed by atoms with Crippen molar-refractivity contribution in [3.05, 3.63) is 47.0 Å². The predicted octanol–water partition coefficient (Wildman–Crippen LogP) is 7.47. The molecule has 2 fully saturated rings. The Hall–Kier alpha value is -1.61. The molecule has 3 nitrogen and oxygen atoms in total. The Kier molecular flexibility index (Phi) is 10.1. The van der Waals surface area contributed by atoms with Crippen LogP contribution in [0, 0.1) is 35.5 Å². The third-order valence-corrected chi connectivity index (χ3v) is 9.86. The van der Waals surface area contributed by atoms with Gasteiger partial charge in [0.05, 0.1) is 6.61 Å². The van der Waals surface area contributed by atoms with Gasteiger partial charge < -0.3 is 9.84 Å². The number of benzene rings is 1. The monoisotopic (exact) mass is 494 g/mol. The molecule has 0 saturated heterocycles. The van der Waals surface area contributed by atoms with Crippen LogP contribution in [0.5, 0.6) is 0 Å². The number of ether oxygens (including phenoxy) is 1. The van der Waals surface area contributed by atoms with E-state index in [2.05, 4.69) is 31.7 Å². The van der Waals surface area contributed by atoms with Crippen LogP contribution in [0.2, 0.25) is 0 Å². The molecule has 3 aliphatic rings. The zero-order chi connectivity index (χ0) is 25.5. The molecule has 4 rings (SSSR count). The molecule has 36 heavy (non-hydrogen) atoms. The number of carbonyl (C=O) groups excluding carboxylic acids is 1. The topological polar surface area (TPSA) is 46.5 Å². The highest BCUT2D eigenvalue weighted by atomic mass is 16.5. The van der Waals surface area contributed by atoms with Crippen molar-refractivity contribution in [1.29, 1.82) is 0 Å². The summed E-state index contributed by atoms with van der Waals surface area (Å²) in [5.41, 5.74) is 4.68. The molecule has 0 radical (unpaired) electrons. The molecular weight excluding hydrogens is 444 g/mol. The number of aryl methyl sites for hydroxylation is 1. The van der Waals surface area contributed by atoms with E-state index >= 15 is 0 Å². The lowest BCUT2D eigenvalue weighted by atomic mass is 9.65. The molecule has 2 unspecified atom stereocenters. The van der Waals surface area contributed by atoms with E-state index in [0.717, 1.165) is 36.0 Å². The smallest absolute Gasteiger partial charge is 0.333 e. The van der Waals surface area contributed by atoms with E-state index in [1.807, 2.05) is 0 Å². The lowest BCUT2D eigenvalue weighted by molar-refractivity contribution is -0.140. The van der Waals surface area contributed by atoms with Gasteiger partial charge in [-0.3, -0.25) is 0 Å². The summed E-state index contributed by atoms with van der Waals surface area (Å²) >= 11 is 0. The third kappa shape index (κ3) is 7.24. The lowest BCUT2D eigenvalue weighted by Gasteiger charge is -2.41. The maximum Gasteiger partial charge on any atom is 0.333 e. The van der Waals surface area contributed by atoms with Crippen LogP contribution in [0.25, 0.3) is 0 Å². The normalized spacial score (nSPS) is 29.2. The summed E-state index contributed by atoms with van der Waals surface area (Å²) in [6.07, 6.45) is 19.2. The minimum Gasteiger partial charge on any atom is -0.462 e. The van der Waals surface area contributed by atoms with Gasteiger partial charge in [-0.15, -0.1) is 0 Å². The molecule has 1 aromatic carbocycles. The summed E-state index contributed by atoms with van der Waals surface area (Å²) in [6.45, 7) is 7.88. The van der Waals surface area contributed by atoms with Gasteiger partial charge in [-0.2, -0.15) is 0 Å². The number of fused-ring (bicyclic) bond motifs is 1. The van der Waals surface area contributed by atoms with Crippen LogP contribution in [-0.4, -0.2) is 24.3 Å². The second-order valence-electron chi connectivity index (χ2n) is 12.5. The van der Waals surface area contributed by atoms with E-state index in [1.54, 1.807) is 12.5 Å². The molecule has 0 aliphatic heterocycles. The highest BCUT2D eigenvalue weighted by molar-refractivity contribution is 5.86. The number of carbonyl (C=O) groups is 1. The lowest BCUT2D eigenvalue weighted by Crippen LogP contribution is -2.30.